The summed E-state index contributed by atoms with van der Waals surface area (Å²) in [5.41, 5.74) is 1.44. The van der Waals surface area contributed by atoms with E-state index in [0.717, 1.165) is 11.9 Å². The van der Waals surface area contributed by atoms with Gasteiger partial charge in [-0.25, -0.2) is 9.37 Å². The highest BCUT2D eigenvalue weighted by Crippen LogP contribution is 2.17. The van der Waals surface area contributed by atoms with E-state index in [0.29, 0.717) is 23.3 Å². The van der Waals surface area contributed by atoms with Gasteiger partial charge in [0.2, 0.25) is 5.95 Å². The van der Waals surface area contributed by atoms with Crippen LogP contribution in [0, 0.1) is 11.7 Å². The third kappa shape index (κ3) is 3.13. The molecule has 0 saturated heterocycles. The number of aromatic nitrogens is 2. The molecule has 0 aliphatic heterocycles. The highest BCUT2D eigenvalue weighted by molar-refractivity contribution is 6.18. The minimum atomic E-state index is -0.270. The van der Waals surface area contributed by atoms with E-state index in [2.05, 4.69) is 29.1 Å². The smallest absolute Gasteiger partial charge is 0.201 e. The highest BCUT2D eigenvalue weighted by Gasteiger charge is 2.12. The summed E-state index contributed by atoms with van der Waals surface area (Å²) in [5, 5.41) is 3.25. The van der Waals surface area contributed by atoms with Crippen molar-refractivity contribution in [2.45, 2.75) is 26.3 Å². The SMILES string of the molecule is CC(C)CC(CCl)Nc1nc2ccc(F)cc2[nH]1. The number of alkyl halides is 1. The van der Waals surface area contributed by atoms with Crippen LogP contribution in [0.3, 0.4) is 0 Å². The molecule has 0 spiro atoms. The Hall–Kier alpha value is -1.29. The molecule has 0 aliphatic carbocycles. The second-order valence-corrected chi connectivity index (χ2v) is 5.18. The van der Waals surface area contributed by atoms with Crippen molar-refractivity contribution in [1.29, 1.82) is 0 Å². The summed E-state index contributed by atoms with van der Waals surface area (Å²) in [4.78, 5) is 7.41. The molecule has 1 aromatic heterocycles. The van der Waals surface area contributed by atoms with Crippen LogP contribution in [0.2, 0.25) is 0 Å². The van der Waals surface area contributed by atoms with E-state index in [1.54, 1.807) is 6.07 Å². The summed E-state index contributed by atoms with van der Waals surface area (Å²) in [6, 6.07) is 4.66. The Morgan fingerprint density at radius 2 is 2.22 bits per heavy atom. The number of halogens is 2. The zero-order chi connectivity index (χ0) is 13.1. The van der Waals surface area contributed by atoms with Gasteiger partial charge in [0, 0.05) is 11.9 Å². The third-order valence-corrected chi connectivity index (χ3v) is 3.10. The summed E-state index contributed by atoms with van der Waals surface area (Å²) in [6.07, 6.45) is 0.967. The maximum atomic E-state index is 13.1. The maximum Gasteiger partial charge on any atom is 0.201 e. The van der Waals surface area contributed by atoms with Crippen molar-refractivity contribution in [3.8, 4) is 0 Å². The van der Waals surface area contributed by atoms with Crippen molar-refractivity contribution in [3.63, 3.8) is 0 Å². The van der Waals surface area contributed by atoms with Crippen molar-refractivity contribution in [2.24, 2.45) is 5.92 Å². The fourth-order valence-electron chi connectivity index (χ4n) is 1.97. The number of imidazole rings is 1. The van der Waals surface area contributed by atoms with Gasteiger partial charge in [0.1, 0.15) is 5.82 Å². The summed E-state index contributed by atoms with van der Waals surface area (Å²) >= 11 is 5.92. The molecule has 0 radical (unpaired) electrons. The Morgan fingerprint density at radius 1 is 1.44 bits per heavy atom. The molecule has 3 nitrogen and oxygen atoms in total. The van der Waals surface area contributed by atoms with Gasteiger partial charge in [0.05, 0.1) is 11.0 Å². The van der Waals surface area contributed by atoms with Crippen LogP contribution in [0.15, 0.2) is 18.2 Å². The lowest BCUT2D eigenvalue weighted by molar-refractivity contribution is 0.541. The average molecular weight is 270 g/mol. The number of aromatic amines is 1. The van der Waals surface area contributed by atoms with Crippen LogP contribution in [-0.2, 0) is 0 Å². The van der Waals surface area contributed by atoms with Gasteiger partial charge in [-0.15, -0.1) is 11.6 Å². The number of nitrogens with zero attached hydrogens (tertiary/aromatic N) is 1. The molecule has 2 aromatic rings. The van der Waals surface area contributed by atoms with E-state index in [-0.39, 0.29) is 11.9 Å². The van der Waals surface area contributed by atoms with Crippen LogP contribution in [0.4, 0.5) is 10.3 Å². The Kier molecular flexibility index (Phi) is 4.07. The molecular formula is C13H17ClFN3. The van der Waals surface area contributed by atoms with Gasteiger partial charge in [-0.3, -0.25) is 0 Å². The van der Waals surface area contributed by atoms with Crippen molar-refractivity contribution in [2.75, 3.05) is 11.2 Å². The molecule has 1 heterocycles. The molecule has 1 atom stereocenters. The molecular weight excluding hydrogens is 253 g/mol. The van der Waals surface area contributed by atoms with Crippen molar-refractivity contribution >= 4 is 28.6 Å². The maximum absolute atomic E-state index is 13.1. The Morgan fingerprint density at radius 3 is 2.89 bits per heavy atom. The van der Waals surface area contributed by atoms with Gasteiger partial charge in [-0.1, -0.05) is 13.8 Å². The van der Waals surface area contributed by atoms with Crippen LogP contribution in [0.5, 0.6) is 0 Å². The fraction of sp³-hybridized carbons (Fsp3) is 0.462. The monoisotopic (exact) mass is 269 g/mol. The molecule has 2 N–H and O–H groups in total. The summed E-state index contributed by atoms with van der Waals surface area (Å²) in [6.45, 7) is 4.30. The van der Waals surface area contributed by atoms with Crippen LogP contribution in [0.25, 0.3) is 11.0 Å². The number of hydrogen-bond acceptors (Lipinski definition) is 2. The predicted octanol–water partition coefficient (Wildman–Crippen LogP) is 3.77. The average Bonchev–Trinajstić information content (AvgIpc) is 2.68. The number of H-pyrrole nitrogens is 1. The Labute approximate surface area is 111 Å². The molecule has 0 amide bonds. The summed E-state index contributed by atoms with van der Waals surface area (Å²) in [7, 11) is 0. The van der Waals surface area contributed by atoms with Crippen LogP contribution >= 0.6 is 11.6 Å². The van der Waals surface area contributed by atoms with Crippen molar-refractivity contribution < 1.29 is 4.39 Å². The highest BCUT2D eigenvalue weighted by atomic mass is 35.5. The molecule has 0 aliphatic rings. The van der Waals surface area contributed by atoms with E-state index < -0.39 is 0 Å². The number of anilines is 1. The minimum absolute atomic E-state index is 0.164. The first kappa shape index (κ1) is 13.1. The summed E-state index contributed by atoms with van der Waals surface area (Å²) < 4.78 is 13.1. The van der Waals surface area contributed by atoms with Gasteiger partial charge in [-0.2, -0.15) is 0 Å². The van der Waals surface area contributed by atoms with Crippen LogP contribution in [0.1, 0.15) is 20.3 Å². The number of rotatable bonds is 5. The molecule has 5 heteroatoms. The van der Waals surface area contributed by atoms with E-state index in [9.17, 15) is 4.39 Å². The van der Waals surface area contributed by atoms with E-state index in [4.69, 9.17) is 11.6 Å². The van der Waals surface area contributed by atoms with Crippen LogP contribution in [-0.4, -0.2) is 21.9 Å². The van der Waals surface area contributed by atoms with Crippen molar-refractivity contribution in [3.05, 3.63) is 24.0 Å². The topological polar surface area (TPSA) is 40.7 Å². The standard InChI is InChI=1S/C13H17ClFN3/c1-8(2)5-10(7-14)16-13-17-11-4-3-9(15)6-12(11)18-13/h3-4,6,8,10H,5,7H2,1-2H3,(H2,16,17,18). The predicted molar refractivity (Wildman–Crippen MR) is 73.6 cm³/mol. The molecule has 18 heavy (non-hydrogen) atoms. The van der Waals surface area contributed by atoms with Gasteiger partial charge < -0.3 is 10.3 Å². The van der Waals surface area contributed by atoms with Gasteiger partial charge in [0.25, 0.3) is 0 Å². The van der Waals surface area contributed by atoms with Gasteiger partial charge >= 0.3 is 0 Å². The first-order chi connectivity index (χ1) is 8.58. The molecule has 1 aromatic carbocycles. The molecule has 0 fully saturated rings. The molecule has 1 unspecified atom stereocenters. The van der Waals surface area contributed by atoms with E-state index >= 15 is 0 Å². The first-order valence-corrected chi connectivity index (χ1v) is 6.59. The molecule has 98 valence electrons. The number of hydrogen-bond donors (Lipinski definition) is 2. The second-order valence-electron chi connectivity index (χ2n) is 4.87. The number of fused-ring (bicyclic) bond motifs is 1. The van der Waals surface area contributed by atoms with Gasteiger partial charge in [0.15, 0.2) is 0 Å². The number of benzene rings is 1. The molecule has 2 rings (SSSR count). The minimum Gasteiger partial charge on any atom is -0.352 e. The largest absolute Gasteiger partial charge is 0.352 e. The fourth-order valence-corrected chi connectivity index (χ4v) is 2.18. The number of nitrogens with one attached hydrogen (secondary N) is 2. The normalized spacial score (nSPS) is 13.2. The quantitative estimate of drug-likeness (QED) is 0.812. The van der Waals surface area contributed by atoms with Crippen LogP contribution < -0.4 is 5.32 Å². The molecule has 0 saturated carbocycles. The lowest BCUT2D eigenvalue weighted by atomic mass is 10.1. The van der Waals surface area contributed by atoms with Crippen molar-refractivity contribution in [1.82, 2.24) is 9.97 Å². The molecule has 0 bridgehead atoms. The lowest BCUT2D eigenvalue weighted by Gasteiger charge is -2.17. The second kappa shape index (κ2) is 5.57. The zero-order valence-electron chi connectivity index (χ0n) is 10.5. The lowest BCUT2D eigenvalue weighted by Crippen LogP contribution is -2.23. The third-order valence-electron chi connectivity index (χ3n) is 2.73. The first-order valence-electron chi connectivity index (χ1n) is 6.06. The van der Waals surface area contributed by atoms with Gasteiger partial charge in [-0.05, 0) is 30.5 Å². The van der Waals surface area contributed by atoms with E-state index in [1.165, 1.54) is 12.1 Å². The van der Waals surface area contributed by atoms with E-state index in [1.807, 2.05) is 0 Å². The summed E-state index contributed by atoms with van der Waals surface area (Å²) in [5.74, 6) is 1.45. The Bertz CT molecular complexity index is 524. The zero-order valence-corrected chi connectivity index (χ0v) is 11.3. The Balaban J connectivity index is 2.15.